The second-order valence-corrected chi connectivity index (χ2v) is 19.5. The van der Waals surface area contributed by atoms with Crippen LogP contribution in [0.4, 0.5) is 0 Å². The fourth-order valence-corrected chi connectivity index (χ4v) is 8.27. The zero-order chi connectivity index (χ0) is 50.0. The van der Waals surface area contributed by atoms with Crippen LogP contribution in [0.5, 0.6) is 0 Å². The third kappa shape index (κ3) is 55.6. The van der Waals surface area contributed by atoms with Crippen molar-refractivity contribution in [2.24, 2.45) is 0 Å². The molecule has 0 heterocycles. The van der Waals surface area contributed by atoms with Crippen molar-refractivity contribution in [2.45, 2.75) is 297 Å². The minimum absolute atomic E-state index is 0.0945. The van der Waals surface area contributed by atoms with E-state index in [-0.39, 0.29) is 37.5 Å². The summed E-state index contributed by atoms with van der Waals surface area (Å²) in [5.41, 5.74) is 0. The number of unbranched alkanes of at least 4 members (excludes halogenated alkanes) is 30. The van der Waals surface area contributed by atoms with E-state index in [0.29, 0.717) is 19.3 Å². The molecule has 6 nitrogen and oxygen atoms in total. The summed E-state index contributed by atoms with van der Waals surface area (Å²) in [4.78, 5) is 38.1. The number of esters is 3. The van der Waals surface area contributed by atoms with E-state index in [1.54, 1.807) is 0 Å². The van der Waals surface area contributed by atoms with Crippen molar-refractivity contribution in [3.8, 4) is 0 Å². The van der Waals surface area contributed by atoms with Gasteiger partial charge < -0.3 is 14.2 Å². The van der Waals surface area contributed by atoms with Gasteiger partial charge in [0.25, 0.3) is 0 Å². The lowest BCUT2D eigenvalue weighted by Crippen LogP contribution is -2.30. The summed E-state index contributed by atoms with van der Waals surface area (Å²) in [6.07, 6.45) is 73.3. The first kappa shape index (κ1) is 65.8. The van der Waals surface area contributed by atoms with Crippen LogP contribution >= 0.6 is 0 Å². The number of ether oxygens (including phenoxy) is 3. The first-order valence-electron chi connectivity index (χ1n) is 29.4. The Hall–Kier alpha value is -3.15. The summed E-state index contributed by atoms with van der Waals surface area (Å²) in [6, 6.07) is 0. The Kier molecular flexibility index (Phi) is 54.8. The Morgan fingerprint density at radius 3 is 0.957 bits per heavy atom. The maximum atomic E-state index is 12.8. The van der Waals surface area contributed by atoms with Crippen LogP contribution < -0.4 is 0 Å². The second kappa shape index (κ2) is 57.4. The molecule has 398 valence electrons. The molecular weight excluding hydrogens is 853 g/mol. The zero-order valence-corrected chi connectivity index (χ0v) is 45.6. The van der Waals surface area contributed by atoms with Crippen LogP contribution in [0.15, 0.2) is 72.9 Å². The predicted molar refractivity (Wildman–Crippen MR) is 298 cm³/mol. The fourth-order valence-electron chi connectivity index (χ4n) is 8.27. The Morgan fingerprint density at radius 1 is 0.304 bits per heavy atom. The van der Waals surface area contributed by atoms with Gasteiger partial charge in [-0.1, -0.05) is 261 Å². The molecule has 0 aliphatic carbocycles. The highest BCUT2D eigenvalue weighted by Crippen LogP contribution is 2.16. The molecule has 0 aromatic heterocycles. The number of carbonyl (C=O) groups excluding carboxylic acids is 3. The molecule has 1 atom stereocenters. The number of rotatable bonds is 53. The van der Waals surface area contributed by atoms with Crippen LogP contribution in [0, 0.1) is 0 Å². The topological polar surface area (TPSA) is 78.9 Å². The van der Waals surface area contributed by atoms with Crippen molar-refractivity contribution >= 4 is 17.9 Å². The van der Waals surface area contributed by atoms with Crippen LogP contribution in [0.25, 0.3) is 0 Å². The third-order valence-corrected chi connectivity index (χ3v) is 12.7. The molecule has 0 fully saturated rings. The molecular formula is C63H110O6. The van der Waals surface area contributed by atoms with E-state index in [2.05, 4.69) is 93.7 Å². The maximum Gasteiger partial charge on any atom is 0.306 e. The normalized spacial score (nSPS) is 12.6. The van der Waals surface area contributed by atoms with Crippen molar-refractivity contribution in [3.63, 3.8) is 0 Å². The summed E-state index contributed by atoms with van der Waals surface area (Å²) >= 11 is 0. The molecule has 0 bridgehead atoms. The molecule has 0 amide bonds. The Balaban J connectivity index is 4.35. The van der Waals surface area contributed by atoms with Gasteiger partial charge >= 0.3 is 17.9 Å². The Labute approximate surface area is 427 Å². The van der Waals surface area contributed by atoms with Gasteiger partial charge in [-0.05, 0) is 83.5 Å². The van der Waals surface area contributed by atoms with Gasteiger partial charge in [0, 0.05) is 19.3 Å². The highest BCUT2D eigenvalue weighted by Gasteiger charge is 2.19. The third-order valence-electron chi connectivity index (χ3n) is 12.7. The minimum atomic E-state index is -0.802. The van der Waals surface area contributed by atoms with E-state index in [1.165, 1.54) is 141 Å². The number of hydrogen-bond donors (Lipinski definition) is 0. The summed E-state index contributed by atoms with van der Waals surface area (Å²) in [7, 11) is 0. The molecule has 0 aromatic carbocycles. The van der Waals surface area contributed by atoms with E-state index >= 15 is 0 Å². The summed E-state index contributed by atoms with van der Waals surface area (Å²) in [5, 5.41) is 0. The lowest BCUT2D eigenvalue weighted by atomic mass is 10.0. The molecule has 0 aliphatic rings. The lowest BCUT2D eigenvalue weighted by Gasteiger charge is -2.18. The van der Waals surface area contributed by atoms with Gasteiger partial charge in [-0.3, -0.25) is 14.4 Å². The van der Waals surface area contributed by atoms with E-state index in [1.807, 2.05) is 0 Å². The lowest BCUT2D eigenvalue weighted by molar-refractivity contribution is -0.167. The van der Waals surface area contributed by atoms with E-state index in [9.17, 15) is 14.4 Å². The van der Waals surface area contributed by atoms with Crippen LogP contribution in [0.1, 0.15) is 290 Å². The molecule has 0 aromatic rings. The number of carbonyl (C=O) groups is 3. The van der Waals surface area contributed by atoms with Gasteiger partial charge in [-0.15, -0.1) is 0 Å². The largest absolute Gasteiger partial charge is 0.462 e. The molecule has 0 saturated heterocycles. The average molecular weight is 964 g/mol. The predicted octanol–water partition coefficient (Wildman–Crippen LogP) is 19.8. The first-order valence-corrected chi connectivity index (χ1v) is 29.4. The molecule has 69 heavy (non-hydrogen) atoms. The van der Waals surface area contributed by atoms with E-state index in [0.717, 1.165) is 103 Å². The van der Waals surface area contributed by atoms with Crippen molar-refractivity contribution in [3.05, 3.63) is 72.9 Å². The van der Waals surface area contributed by atoms with Crippen LogP contribution in [0.3, 0.4) is 0 Å². The minimum Gasteiger partial charge on any atom is -0.462 e. The van der Waals surface area contributed by atoms with Gasteiger partial charge in [0.15, 0.2) is 6.10 Å². The molecule has 6 heteroatoms. The van der Waals surface area contributed by atoms with Gasteiger partial charge in [0.1, 0.15) is 13.2 Å². The summed E-state index contributed by atoms with van der Waals surface area (Å²) in [5.74, 6) is -0.941. The SMILES string of the molecule is CC/C=C\C/C=C\C/C=C\C/C=C\CCCCC(=O)OC(COC(=O)CCCCCCC/C=C\C/C=C\CCCC)COC(=O)CCCCCCCCCCCCCCCCCCCCCCCC. The fraction of sp³-hybridized carbons (Fsp3) is 0.762. The average Bonchev–Trinajstić information content (AvgIpc) is 3.35. The number of allylic oxidation sites excluding steroid dienone is 12. The molecule has 0 radical (unpaired) electrons. The summed E-state index contributed by atoms with van der Waals surface area (Å²) in [6.45, 7) is 6.47. The Bertz CT molecular complexity index is 1290. The molecule has 0 rings (SSSR count). The summed E-state index contributed by atoms with van der Waals surface area (Å²) < 4.78 is 16.8. The molecule has 1 unspecified atom stereocenters. The smallest absolute Gasteiger partial charge is 0.306 e. The molecule has 0 aliphatic heterocycles. The molecule has 0 saturated carbocycles. The van der Waals surface area contributed by atoms with Gasteiger partial charge in [-0.2, -0.15) is 0 Å². The van der Waals surface area contributed by atoms with Gasteiger partial charge in [0.2, 0.25) is 0 Å². The molecule has 0 N–H and O–H groups in total. The van der Waals surface area contributed by atoms with Crippen molar-refractivity contribution in [1.82, 2.24) is 0 Å². The van der Waals surface area contributed by atoms with Crippen molar-refractivity contribution < 1.29 is 28.6 Å². The van der Waals surface area contributed by atoms with Crippen LogP contribution in [-0.4, -0.2) is 37.2 Å². The highest BCUT2D eigenvalue weighted by molar-refractivity contribution is 5.71. The maximum absolute atomic E-state index is 12.8. The monoisotopic (exact) mass is 963 g/mol. The van der Waals surface area contributed by atoms with E-state index < -0.39 is 6.10 Å². The van der Waals surface area contributed by atoms with Crippen LogP contribution in [0.2, 0.25) is 0 Å². The zero-order valence-electron chi connectivity index (χ0n) is 45.6. The van der Waals surface area contributed by atoms with Crippen LogP contribution in [-0.2, 0) is 28.6 Å². The second-order valence-electron chi connectivity index (χ2n) is 19.5. The van der Waals surface area contributed by atoms with E-state index in [4.69, 9.17) is 14.2 Å². The van der Waals surface area contributed by atoms with Crippen molar-refractivity contribution in [2.75, 3.05) is 13.2 Å². The van der Waals surface area contributed by atoms with Gasteiger partial charge in [-0.25, -0.2) is 0 Å². The van der Waals surface area contributed by atoms with Gasteiger partial charge in [0.05, 0.1) is 0 Å². The highest BCUT2D eigenvalue weighted by atomic mass is 16.6. The first-order chi connectivity index (χ1) is 34.0. The number of hydrogen-bond acceptors (Lipinski definition) is 6. The Morgan fingerprint density at radius 2 is 0.580 bits per heavy atom. The standard InChI is InChI=1S/C63H110O6/c1-4-7-10-13-16-19-22-25-28-29-30-31-32-33-34-36-38-41-44-47-50-53-56-62(65)68-59-60(58-67-61(64)55-52-49-46-43-40-37-27-24-21-18-15-12-9-6-3)69-63(66)57-54-51-48-45-42-39-35-26-23-20-17-14-11-8-5-2/h8,11,15,17-18,20,24,26-27,35,42,45,60H,4-7,9-10,12-14,16,19,21-23,25,28-34,36-41,43-44,46-59H2,1-3H3/b11-8-,18-15-,20-17-,27-24-,35-26-,45-42-. The quantitative estimate of drug-likeness (QED) is 0.0262. The molecule has 0 spiro atoms. The van der Waals surface area contributed by atoms with Crippen molar-refractivity contribution in [1.29, 1.82) is 0 Å².